The third kappa shape index (κ3) is 19.1. The van der Waals surface area contributed by atoms with E-state index in [4.69, 9.17) is 9.84 Å². The van der Waals surface area contributed by atoms with Gasteiger partial charge < -0.3 is 24.2 Å². The minimum Gasteiger partial charge on any atom is -0.550 e. The Kier molecular flexibility index (Phi) is 14.4. The maximum absolute atomic E-state index is 11.9. The van der Waals surface area contributed by atoms with Gasteiger partial charge in [0.1, 0.15) is 6.54 Å². The first-order chi connectivity index (χ1) is 13.1. The number of likely N-dealkylation sites (N-methyl/N-ethyl adjacent to an activating group) is 1. The molecule has 0 aliphatic heterocycles. The van der Waals surface area contributed by atoms with Crippen LogP contribution in [0.3, 0.4) is 0 Å². The topological polar surface area (TPSA) is 104 Å². The van der Waals surface area contributed by atoms with Gasteiger partial charge in [-0.2, -0.15) is 0 Å². The van der Waals surface area contributed by atoms with Crippen LogP contribution in [0.25, 0.3) is 0 Å². The van der Waals surface area contributed by atoms with Gasteiger partial charge in [0.05, 0.1) is 21.1 Å². The molecule has 0 aromatic rings. The van der Waals surface area contributed by atoms with Crippen molar-refractivity contribution >= 4 is 17.9 Å². The standard InChI is InChI=1S/C21H39NO6/c1-22(2,3)17-18(16-20(25)26)28-21(27)15-13-11-9-7-5-4-6-8-10-12-14-19(23)24/h18H,4-17H2,1-3H3,(H-,23,24,25,26)/t18-/m1/s1. The van der Waals surface area contributed by atoms with Crippen LogP contribution in [0.15, 0.2) is 0 Å². The lowest BCUT2D eigenvalue weighted by atomic mass is 10.1. The van der Waals surface area contributed by atoms with Crippen LogP contribution in [0.2, 0.25) is 0 Å². The molecule has 0 aliphatic carbocycles. The van der Waals surface area contributed by atoms with Gasteiger partial charge in [0.25, 0.3) is 0 Å². The summed E-state index contributed by atoms with van der Waals surface area (Å²) in [6, 6.07) is 0. The number of carboxylic acids is 2. The lowest BCUT2D eigenvalue weighted by Gasteiger charge is -2.29. The molecule has 0 aliphatic rings. The van der Waals surface area contributed by atoms with Crippen molar-refractivity contribution in [3.63, 3.8) is 0 Å². The normalized spacial score (nSPS) is 12.5. The van der Waals surface area contributed by atoms with Crippen LogP contribution in [0.1, 0.15) is 83.5 Å². The second kappa shape index (κ2) is 15.3. The third-order valence-electron chi connectivity index (χ3n) is 4.47. The van der Waals surface area contributed by atoms with E-state index in [0.29, 0.717) is 17.4 Å². The van der Waals surface area contributed by atoms with Gasteiger partial charge >= 0.3 is 11.9 Å². The maximum Gasteiger partial charge on any atom is 0.306 e. The molecule has 0 amide bonds. The number of aliphatic carboxylic acids is 2. The maximum atomic E-state index is 11.9. The highest BCUT2D eigenvalue weighted by molar-refractivity contribution is 5.70. The van der Waals surface area contributed by atoms with Crippen LogP contribution >= 0.6 is 0 Å². The van der Waals surface area contributed by atoms with Crippen molar-refractivity contribution in [1.29, 1.82) is 0 Å². The SMILES string of the molecule is C[N+](C)(C)C[C@@H](CC(=O)[O-])OC(=O)CCCCCCCCCCCCC(=O)O. The van der Waals surface area contributed by atoms with Gasteiger partial charge in [-0.25, -0.2) is 0 Å². The number of rotatable bonds is 18. The molecular weight excluding hydrogens is 362 g/mol. The molecule has 1 N–H and O–H groups in total. The van der Waals surface area contributed by atoms with Gasteiger partial charge in [-0.05, 0) is 12.8 Å². The van der Waals surface area contributed by atoms with Gasteiger partial charge in [-0.15, -0.1) is 0 Å². The van der Waals surface area contributed by atoms with Crippen molar-refractivity contribution in [2.45, 2.75) is 89.6 Å². The Labute approximate surface area is 169 Å². The monoisotopic (exact) mass is 401 g/mol. The van der Waals surface area contributed by atoms with Crippen molar-refractivity contribution < 1.29 is 33.8 Å². The molecule has 0 saturated carbocycles. The van der Waals surface area contributed by atoms with Gasteiger partial charge in [0, 0.05) is 25.2 Å². The molecule has 0 saturated heterocycles. The molecule has 0 aromatic heterocycles. The molecule has 0 unspecified atom stereocenters. The Balaban J connectivity index is 3.67. The first-order valence-corrected chi connectivity index (χ1v) is 10.5. The Hall–Kier alpha value is -1.63. The molecule has 0 radical (unpaired) electrons. The van der Waals surface area contributed by atoms with Gasteiger partial charge in [-0.3, -0.25) is 9.59 Å². The Bertz CT molecular complexity index is 458. The molecule has 28 heavy (non-hydrogen) atoms. The van der Waals surface area contributed by atoms with Gasteiger partial charge in [-0.1, -0.05) is 51.4 Å². The van der Waals surface area contributed by atoms with Crippen LogP contribution < -0.4 is 5.11 Å². The highest BCUT2D eigenvalue weighted by Gasteiger charge is 2.22. The second-order valence-electron chi connectivity index (χ2n) is 8.59. The van der Waals surface area contributed by atoms with Crippen molar-refractivity contribution in [1.82, 2.24) is 0 Å². The quantitative estimate of drug-likeness (QED) is 0.215. The van der Waals surface area contributed by atoms with E-state index in [0.717, 1.165) is 51.4 Å². The summed E-state index contributed by atoms with van der Waals surface area (Å²) < 4.78 is 5.85. The van der Waals surface area contributed by atoms with E-state index in [1.165, 1.54) is 12.8 Å². The number of esters is 1. The van der Waals surface area contributed by atoms with Crippen LogP contribution in [-0.4, -0.2) is 61.3 Å². The molecular formula is C21H39NO6. The van der Waals surface area contributed by atoms with Crippen LogP contribution in [0.5, 0.6) is 0 Å². The Morgan fingerprint density at radius 2 is 1.25 bits per heavy atom. The van der Waals surface area contributed by atoms with Crippen molar-refractivity contribution in [2.75, 3.05) is 27.7 Å². The molecule has 0 aromatic carbocycles. The van der Waals surface area contributed by atoms with Crippen LogP contribution in [-0.2, 0) is 19.1 Å². The first kappa shape index (κ1) is 26.4. The zero-order chi connectivity index (χ0) is 21.4. The summed E-state index contributed by atoms with van der Waals surface area (Å²) in [5, 5.41) is 19.4. The van der Waals surface area contributed by atoms with E-state index in [1.807, 2.05) is 21.1 Å². The van der Waals surface area contributed by atoms with E-state index < -0.39 is 18.0 Å². The van der Waals surface area contributed by atoms with Crippen LogP contribution in [0.4, 0.5) is 0 Å². The number of hydrogen-bond donors (Lipinski definition) is 1. The minimum absolute atomic E-state index is 0.266. The summed E-state index contributed by atoms with van der Waals surface area (Å²) >= 11 is 0. The fourth-order valence-corrected chi connectivity index (χ4v) is 3.14. The van der Waals surface area contributed by atoms with Crippen molar-refractivity contribution in [3.05, 3.63) is 0 Å². The molecule has 1 atom stereocenters. The number of ether oxygens (including phenoxy) is 1. The average Bonchev–Trinajstić information content (AvgIpc) is 2.53. The molecule has 0 heterocycles. The summed E-state index contributed by atoms with van der Waals surface area (Å²) in [4.78, 5) is 33.2. The number of carboxylic acid groups (broad SMARTS) is 2. The lowest BCUT2D eigenvalue weighted by molar-refractivity contribution is -0.873. The van der Waals surface area contributed by atoms with Gasteiger partial charge in [0.2, 0.25) is 0 Å². The Morgan fingerprint density at radius 3 is 1.64 bits per heavy atom. The van der Waals surface area contributed by atoms with E-state index in [-0.39, 0.29) is 18.8 Å². The predicted molar refractivity (Wildman–Crippen MR) is 105 cm³/mol. The molecule has 7 nitrogen and oxygen atoms in total. The van der Waals surface area contributed by atoms with Crippen molar-refractivity contribution in [3.8, 4) is 0 Å². The number of unbranched alkanes of at least 4 members (excludes halogenated alkanes) is 9. The number of carbonyl (C=O) groups excluding carboxylic acids is 2. The van der Waals surface area contributed by atoms with Crippen molar-refractivity contribution in [2.24, 2.45) is 0 Å². The zero-order valence-electron chi connectivity index (χ0n) is 17.9. The first-order valence-electron chi connectivity index (χ1n) is 10.5. The lowest BCUT2D eigenvalue weighted by Crippen LogP contribution is -2.45. The van der Waals surface area contributed by atoms with E-state index in [9.17, 15) is 19.5 Å². The average molecular weight is 402 g/mol. The Morgan fingerprint density at radius 1 is 0.821 bits per heavy atom. The highest BCUT2D eigenvalue weighted by atomic mass is 16.5. The second-order valence-corrected chi connectivity index (χ2v) is 8.59. The van der Waals surface area contributed by atoms with Gasteiger partial charge in [0.15, 0.2) is 6.10 Å². The zero-order valence-corrected chi connectivity index (χ0v) is 17.9. The molecule has 7 heteroatoms. The summed E-state index contributed by atoms with van der Waals surface area (Å²) in [6.45, 7) is 0.441. The fourth-order valence-electron chi connectivity index (χ4n) is 3.14. The number of hydrogen-bond acceptors (Lipinski definition) is 5. The van der Waals surface area contributed by atoms with E-state index in [2.05, 4.69) is 0 Å². The van der Waals surface area contributed by atoms with Crippen LogP contribution in [0, 0.1) is 0 Å². The fraction of sp³-hybridized carbons (Fsp3) is 0.857. The number of quaternary nitrogens is 1. The summed E-state index contributed by atoms with van der Waals surface area (Å²) in [6.07, 6.45) is 9.97. The molecule has 0 spiro atoms. The molecule has 0 fully saturated rings. The predicted octanol–water partition coefficient (Wildman–Crippen LogP) is 2.51. The minimum atomic E-state index is -1.20. The number of carbonyl (C=O) groups is 3. The highest BCUT2D eigenvalue weighted by Crippen LogP contribution is 2.13. The molecule has 0 rings (SSSR count). The summed E-state index contributed by atoms with van der Waals surface area (Å²) in [5.74, 6) is -2.25. The van der Waals surface area contributed by atoms with E-state index in [1.54, 1.807) is 0 Å². The molecule has 164 valence electrons. The largest absolute Gasteiger partial charge is 0.550 e. The number of nitrogens with zero attached hydrogens (tertiary/aromatic N) is 1. The summed E-state index contributed by atoms with van der Waals surface area (Å²) in [5.41, 5.74) is 0. The summed E-state index contributed by atoms with van der Waals surface area (Å²) in [7, 11) is 5.77. The third-order valence-corrected chi connectivity index (χ3v) is 4.47. The molecule has 0 bridgehead atoms. The smallest absolute Gasteiger partial charge is 0.306 e. The van der Waals surface area contributed by atoms with E-state index >= 15 is 0 Å².